The average molecular weight is 355 g/mol. The van der Waals surface area contributed by atoms with Crippen LogP contribution in [0.4, 0.5) is 0 Å². The van der Waals surface area contributed by atoms with Crippen molar-refractivity contribution in [2.45, 2.75) is 6.54 Å². The fourth-order valence-electron chi connectivity index (χ4n) is 2.05. The van der Waals surface area contributed by atoms with Crippen molar-refractivity contribution in [1.82, 2.24) is 10.7 Å². The minimum Gasteiger partial charge on any atom is -0.496 e. The fourth-order valence-corrected chi connectivity index (χ4v) is 2.05. The summed E-state index contributed by atoms with van der Waals surface area (Å²) in [7, 11) is 1.36. The maximum absolute atomic E-state index is 11.7. The second-order valence-electron chi connectivity index (χ2n) is 5.13. The number of benzene rings is 2. The van der Waals surface area contributed by atoms with Crippen LogP contribution in [0.1, 0.15) is 21.5 Å². The zero-order valence-electron chi connectivity index (χ0n) is 13.9. The van der Waals surface area contributed by atoms with E-state index in [0.29, 0.717) is 5.56 Å². The van der Waals surface area contributed by atoms with Crippen molar-refractivity contribution in [3.8, 4) is 5.75 Å². The normalized spacial score (nSPS) is 10.3. The monoisotopic (exact) mass is 355 g/mol. The number of carbonyl (C=O) groups is 3. The molecule has 0 unspecified atom stereocenters. The van der Waals surface area contributed by atoms with Crippen molar-refractivity contribution in [3.05, 3.63) is 65.2 Å². The standard InChI is InChI=1S/C18H17N3O5/c1-26-15-8-7-13(9-14(15)18(24)25)11-20-21-17(23)16(22)19-10-12-5-3-2-4-6-12/h2-9,11H,10H2,1H3,(H,19,22)(H,21,23)(H,24,25)/b20-11-. The first kappa shape index (κ1) is 18.7. The number of methoxy groups -OCH3 is 1. The molecule has 0 heterocycles. The average Bonchev–Trinajstić information content (AvgIpc) is 2.66. The fraction of sp³-hybridized carbons (Fsp3) is 0.111. The SMILES string of the molecule is COc1ccc(/C=N\NC(=O)C(=O)NCc2ccccc2)cc1C(=O)O. The third kappa shape index (κ3) is 5.17. The lowest BCUT2D eigenvalue weighted by molar-refractivity contribution is -0.139. The minimum absolute atomic E-state index is 0.0385. The summed E-state index contributed by atoms with van der Waals surface area (Å²) in [6.07, 6.45) is 1.23. The molecule has 0 aliphatic rings. The summed E-state index contributed by atoms with van der Waals surface area (Å²) < 4.78 is 4.95. The van der Waals surface area contributed by atoms with E-state index in [4.69, 9.17) is 9.84 Å². The van der Waals surface area contributed by atoms with E-state index >= 15 is 0 Å². The smallest absolute Gasteiger partial charge is 0.339 e. The van der Waals surface area contributed by atoms with Crippen molar-refractivity contribution >= 4 is 24.0 Å². The van der Waals surface area contributed by atoms with Gasteiger partial charge in [0, 0.05) is 6.54 Å². The van der Waals surface area contributed by atoms with Crippen LogP contribution in [-0.4, -0.2) is 36.2 Å². The Balaban J connectivity index is 1.91. The topological polar surface area (TPSA) is 117 Å². The van der Waals surface area contributed by atoms with Crippen molar-refractivity contribution in [2.24, 2.45) is 5.10 Å². The molecule has 0 saturated heterocycles. The molecule has 0 aromatic heterocycles. The highest BCUT2D eigenvalue weighted by atomic mass is 16.5. The maximum Gasteiger partial charge on any atom is 0.339 e. The molecule has 0 radical (unpaired) electrons. The predicted molar refractivity (Wildman–Crippen MR) is 94.0 cm³/mol. The van der Waals surface area contributed by atoms with Gasteiger partial charge < -0.3 is 15.2 Å². The number of carbonyl (C=O) groups excluding carboxylic acids is 2. The summed E-state index contributed by atoms with van der Waals surface area (Å²) >= 11 is 0. The number of aromatic carboxylic acids is 1. The van der Waals surface area contributed by atoms with Gasteiger partial charge in [-0.2, -0.15) is 5.10 Å². The number of amides is 2. The molecule has 0 atom stereocenters. The second-order valence-corrected chi connectivity index (χ2v) is 5.13. The van der Waals surface area contributed by atoms with Gasteiger partial charge in [0.25, 0.3) is 0 Å². The number of nitrogens with one attached hydrogen (secondary N) is 2. The Kier molecular flexibility index (Phi) is 6.44. The molecule has 8 heteroatoms. The molecule has 8 nitrogen and oxygen atoms in total. The lowest BCUT2D eigenvalue weighted by Crippen LogP contribution is -2.37. The molecular weight excluding hydrogens is 338 g/mol. The molecule has 0 bridgehead atoms. The van der Waals surface area contributed by atoms with E-state index in [1.54, 1.807) is 6.07 Å². The van der Waals surface area contributed by atoms with Gasteiger partial charge >= 0.3 is 17.8 Å². The van der Waals surface area contributed by atoms with Gasteiger partial charge in [-0.1, -0.05) is 30.3 Å². The summed E-state index contributed by atoms with van der Waals surface area (Å²) in [4.78, 5) is 34.5. The van der Waals surface area contributed by atoms with E-state index in [1.807, 2.05) is 30.3 Å². The van der Waals surface area contributed by atoms with Gasteiger partial charge in [0.05, 0.1) is 13.3 Å². The lowest BCUT2D eigenvalue weighted by Gasteiger charge is -2.05. The van der Waals surface area contributed by atoms with Crippen LogP contribution in [0.15, 0.2) is 53.6 Å². The van der Waals surface area contributed by atoms with Crippen molar-refractivity contribution in [3.63, 3.8) is 0 Å². The summed E-state index contributed by atoms with van der Waals surface area (Å²) in [5.41, 5.74) is 3.33. The number of hydrogen-bond acceptors (Lipinski definition) is 5. The Labute approximate surface area is 149 Å². The number of carboxylic acid groups (broad SMARTS) is 1. The molecular formula is C18H17N3O5. The van der Waals surface area contributed by atoms with Crippen LogP contribution in [-0.2, 0) is 16.1 Å². The number of hydrazone groups is 1. The van der Waals surface area contributed by atoms with Crippen LogP contribution < -0.4 is 15.5 Å². The first-order chi connectivity index (χ1) is 12.5. The number of carboxylic acids is 1. The highest BCUT2D eigenvalue weighted by Gasteiger charge is 2.13. The van der Waals surface area contributed by atoms with Crippen LogP contribution in [0.5, 0.6) is 5.75 Å². The highest BCUT2D eigenvalue weighted by Crippen LogP contribution is 2.18. The van der Waals surface area contributed by atoms with Gasteiger partial charge in [-0.25, -0.2) is 10.2 Å². The van der Waals surface area contributed by atoms with E-state index in [0.717, 1.165) is 5.56 Å². The quantitative estimate of drug-likeness (QED) is 0.408. The highest BCUT2D eigenvalue weighted by molar-refractivity contribution is 6.35. The van der Waals surface area contributed by atoms with Crippen molar-refractivity contribution < 1.29 is 24.2 Å². The first-order valence-corrected chi connectivity index (χ1v) is 7.57. The zero-order valence-corrected chi connectivity index (χ0v) is 13.9. The number of nitrogens with zero attached hydrogens (tertiary/aromatic N) is 1. The number of hydrogen-bond donors (Lipinski definition) is 3. The molecule has 0 aliphatic heterocycles. The van der Waals surface area contributed by atoms with E-state index in [-0.39, 0.29) is 17.9 Å². The molecule has 0 aliphatic carbocycles. The van der Waals surface area contributed by atoms with Crippen LogP contribution in [0.3, 0.4) is 0 Å². The van der Waals surface area contributed by atoms with Crippen LogP contribution in [0, 0.1) is 0 Å². The zero-order chi connectivity index (χ0) is 18.9. The summed E-state index contributed by atoms with van der Waals surface area (Å²) in [6, 6.07) is 13.5. The van der Waals surface area contributed by atoms with Crippen molar-refractivity contribution in [2.75, 3.05) is 7.11 Å². The molecule has 0 fully saturated rings. The van der Waals surface area contributed by atoms with Gasteiger partial charge in [-0.3, -0.25) is 9.59 Å². The molecule has 0 saturated carbocycles. The Morgan fingerprint density at radius 1 is 1.12 bits per heavy atom. The number of rotatable bonds is 6. The number of ether oxygens (including phenoxy) is 1. The maximum atomic E-state index is 11.7. The molecule has 134 valence electrons. The van der Waals surface area contributed by atoms with Crippen LogP contribution in [0.2, 0.25) is 0 Å². The van der Waals surface area contributed by atoms with E-state index < -0.39 is 17.8 Å². The third-order valence-electron chi connectivity index (χ3n) is 3.34. The molecule has 3 N–H and O–H groups in total. The van der Waals surface area contributed by atoms with E-state index in [2.05, 4.69) is 15.8 Å². The molecule has 2 rings (SSSR count). The summed E-state index contributed by atoms with van der Waals surface area (Å²) in [6.45, 7) is 0.220. The predicted octanol–water partition coefficient (Wildman–Crippen LogP) is 1.16. The van der Waals surface area contributed by atoms with Crippen LogP contribution >= 0.6 is 0 Å². The summed E-state index contributed by atoms with van der Waals surface area (Å²) in [5, 5.41) is 15.2. The Hall–Kier alpha value is -3.68. The van der Waals surface area contributed by atoms with E-state index in [9.17, 15) is 14.4 Å². The van der Waals surface area contributed by atoms with Gasteiger partial charge in [0.2, 0.25) is 0 Å². The Bertz CT molecular complexity index is 834. The van der Waals surface area contributed by atoms with E-state index in [1.165, 1.54) is 25.5 Å². The van der Waals surface area contributed by atoms with Gasteiger partial charge in [0.15, 0.2) is 0 Å². The van der Waals surface area contributed by atoms with Crippen molar-refractivity contribution in [1.29, 1.82) is 0 Å². The largest absolute Gasteiger partial charge is 0.496 e. The Morgan fingerprint density at radius 3 is 2.50 bits per heavy atom. The molecule has 2 aromatic rings. The molecule has 2 aromatic carbocycles. The van der Waals surface area contributed by atoms with Crippen LogP contribution in [0.25, 0.3) is 0 Å². The minimum atomic E-state index is -1.15. The van der Waals surface area contributed by atoms with Gasteiger partial charge in [0.1, 0.15) is 11.3 Å². The summed E-state index contributed by atoms with van der Waals surface area (Å²) in [5.74, 6) is -2.70. The first-order valence-electron chi connectivity index (χ1n) is 7.57. The lowest BCUT2D eigenvalue weighted by atomic mass is 10.1. The molecule has 2 amide bonds. The second kappa shape index (κ2) is 8.97. The molecule has 0 spiro atoms. The van der Waals surface area contributed by atoms with Gasteiger partial charge in [-0.15, -0.1) is 0 Å². The van der Waals surface area contributed by atoms with Gasteiger partial charge in [-0.05, 0) is 29.3 Å². The Morgan fingerprint density at radius 2 is 1.85 bits per heavy atom. The third-order valence-corrected chi connectivity index (χ3v) is 3.34. The molecule has 26 heavy (non-hydrogen) atoms.